The molecular formula is C9H4Cl2N4O. The summed E-state index contributed by atoms with van der Waals surface area (Å²) in [4.78, 5) is 0. The van der Waals surface area contributed by atoms with Gasteiger partial charge in [-0.1, -0.05) is 11.6 Å². The molecule has 3 aromatic heterocycles. The first-order valence-electron chi connectivity index (χ1n) is 4.37. The molecule has 0 aliphatic heterocycles. The molecule has 0 unspecified atom stereocenters. The Labute approximate surface area is 99.6 Å². The number of nitrogens with zero attached hydrogens (tertiary/aromatic N) is 4. The third-order valence-corrected chi connectivity index (χ3v) is 2.58. The van der Waals surface area contributed by atoms with Crippen LogP contribution in [0.4, 0.5) is 0 Å². The van der Waals surface area contributed by atoms with Crippen LogP contribution in [0.3, 0.4) is 0 Å². The van der Waals surface area contributed by atoms with Crippen molar-refractivity contribution in [1.29, 1.82) is 0 Å². The zero-order valence-corrected chi connectivity index (χ0v) is 9.27. The van der Waals surface area contributed by atoms with Crippen molar-refractivity contribution >= 4 is 28.8 Å². The maximum atomic E-state index is 5.86. The molecule has 0 radical (unpaired) electrons. The van der Waals surface area contributed by atoms with E-state index in [0.29, 0.717) is 22.2 Å². The van der Waals surface area contributed by atoms with Crippen molar-refractivity contribution in [3.05, 3.63) is 34.8 Å². The Morgan fingerprint density at radius 2 is 2.00 bits per heavy atom. The number of hydrogen-bond donors (Lipinski definition) is 0. The van der Waals surface area contributed by atoms with E-state index in [1.54, 1.807) is 18.2 Å². The summed E-state index contributed by atoms with van der Waals surface area (Å²) in [5.41, 5.74) is 1.22. The Bertz CT molecular complexity index is 660. The van der Waals surface area contributed by atoms with E-state index < -0.39 is 0 Å². The van der Waals surface area contributed by atoms with Crippen LogP contribution in [-0.4, -0.2) is 19.8 Å². The minimum absolute atomic E-state index is 0.246. The molecule has 0 spiro atoms. The van der Waals surface area contributed by atoms with Crippen LogP contribution in [0.2, 0.25) is 10.4 Å². The zero-order valence-electron chi connectivity index (χ0n) is 7.76. The maximum absolute atomic E-state index is 5.86. The summed E-state index contributed by atoms with van der Waals surface area (Å²) in [6, 6.07) is 5.06. The third-order valence-electron chi connectivity index (χ3n) is 2.09. The molecule has 0 saturated carbocycles. The van der Waals surface area contributed by atoms with E-state index in [1.165, 1.54) is 10.8 Å². The largest absolute Gasteiger partial charge is 0.452 e. The standard InChI is InChI=1S/C9H4Cl2N4O/c10-6-1-2-7-12-13-9(15(7)14-6)5-3-4-16-8(5)11/h1-4H. The smallest absolute Gasteiger partial charge is 0.204 e. The Morgan fingerprint density at radius 1 is 1.12 bits per heavy atom. The first-order chi connectivity index (χ1) is 7.75. The molecule has 0 aliphatic carbocycles. The van der Waals surface area contributed by atoms with Gasteiger partial charge in [0.2, 0.25) is 5.22 Å². The van der Waals surface area contributed by atoms with E-state index in [4.69, 9.17) is 27.6 Å². The number of furan rings is 1. The Hall–Kier alpha value is -1.59. The van der Waals surface area contributed by atoms with Gasteiger partial charge in [-0.25, -0.2) is 0 Å². The van der Waals surface area contributed by atoms with Crippen LogP contribution >= 0.6 is 23.2 Å². The Balaban J connectivity index is 2.32. The molecule has 0 saturated heterocycles. The quantitative estimate of drug-likeness (QED) is 0.670. The molecule has 3 heterocycles. The Kier molecular flexibility index (Phi) is 2.08. The zero-order chi connectivity index (χ0) is 11.1. The van der Waals surface area contributed by atoms with Gasteiger partial charge in [-0.05, 0) is 29.8 Å². The van der Waals surface area contributed by atoms with Gasteiger partial charge in [-0.15, -0.1) is 10.2 Å². The van der Waals surface area contributed by atoms with Crippen LogP contribution in [0.25, 0.3) is 17.0 Å². The van der Waals surface area contributed by atoms with Crippen LogP contribution < -0.4 is 0 Å². The molecule has 3 aromatic rings. The van der Waals surface area contributed by atoms with Crippen molar-refractivity contribution in [3.8, 4) is 11.4 Å². The molecule has 3 rings (SSSR count). The van der Waals surface area contributed by atoms with Crippen molar-refractivity contribution in [2.75, 3.05) is 0 Å². The van der Waals surface area contributed by atoms with Gasteiger partial charge in [0.15, 0.2) is 11.5 Å². The van der Waals surface area contributed by atoms with Crippen LogP contribution in [0.1, 0.15) is 0 Å². The molecule has 16 heavy (non-hydrogen) atoms. The fourth-order valence-electron chi connectivity index (χ4n) is 1.39. The molecule has 0 N–H and O–H groups in total. The second-order valence-corrected chi connectivity index (χ2v) is 3.79. The highest BCUT2D eigenvalue weighted by Gasteiger charge is 2.14. The average molecular weight is 255 g/mol. The topological polar surface area (TPSA) is 56.2 Å². The molecule has 0 bridgehead atoms. The summed E-state index contributed by atoms with van der Waals surface area (Å²) < 4.78 is 6.50. The van der Waals surface area contributed by atoms with Gasteiger partial charge in [0.1, 0.15) is 5.15 Å². The normalized spacial score (nSPS) is 11.1. The molecular weight excluding hydrogens is 251 g/mol. The van der Waals surface area contributed by atoms with E-state index in [9.17, 15) is 0 Å². The molecule has 80 valence electrons. The minimum Gasteiger partial charge on any atom is -0.452 e. The predicted molar refractivity (Wildman–Crippen MR) is 58.5 cm³/mol. The van der Waals surface area contributed by atoms with E-state index >= 15 is 0 Å². The van der Waals surface area contributed by atoms with Gasteiger partial charge >= 0.3 is 0 Å². The van der Waals surface area contributed by atoms with Gasteiger partial charge in [0, 0.05) is 0 Å². The van der Waals surface area contributed by atoms with Gasteiger partial charge in [0.25, 0.3) is 0 Å². The summed E-state index contributed by atoms with van der Waals surface area (Å²) in [5.74, 6) is 0.497. The second kappa shape index (κ2) is 3.47. The fraction of sp³-hybridized carbons (Fsp3) is 0. The minimum atomic E-state index is 0.246. The van der Waals surface area contributed by atoms with Gasteiger partial charge in [0.05, 0.1) is 11.8 Å². The number of fused-ring (bicyclic) bond motifs is 1. The summed E-state index contributed by atoms with van der Waals surface area (Å²) in [6.45, 7) is 0. The fourth-order valence-corrected chi connectivity index (χ4v) is 1.73. The maximum Gasteiger partial charge on any atom is 0.204 e. The highest BCUT2D eigenvalue weighted by atomic mass is 35.5. The molecule has 0 aliphatic rings. The van der Waals surface area contributed by atoms with Crippen LogP contribution in [0.5, 0.6) is 0 Å². The monoisotopic (exact) mass is 254 g/mol. The summed E-state index contributed by atoms with van der Waals surface area (Å²) >= 11 is 11.7. The average Bonchev–Trinajstić information content (AvgIpc) is 2.83. The van der Waals surface area contributed by atoms with E-state index in [-0.39, 0.29) is 5.22 Å². The highest BCUT2D eigenvalue weighted by molar-refractivity contribution is 6.31. The second-order valence-electron chi connectivity index (χ2n) is 3.06. The SMILES string of the molecule is Clc1ccc2nnc(-c3ccoc3Cl)n2n1. The van der Waals surface area contributed by atoms with E-state index in [0.717, 1.165) is 0 Å². The number of hydrogen-bond acceptors (Lipinski definition) is 4. The lowest BCUT2D eigenvalue weighted by Crippen LogP contribution is -1.94. The van der Waals surface area contributed by atoms with Gasteiger partial charge in [-0.2, -0.15) is 9.61 Å². The first kappa shape index (κ1) is 9.62. The number of rotatable bonds is 1. The van der Waals surface area contributed by atoms with E-state index in [1.807, 2.05) is 0 Å². The lowest BCUT2D eigenvalue weighted by atomic mass is 10.3. The number of aromatic nitrogens is 4. The molecule has 5 nitrogen and oxygen atoms in total. The predicted octanol–water partition coefficient (Wildman–Crippen LogP) is 2.69. The van der Waals surface area contributed by atoms with Crippen molar-refractivity contribution < 1.29 is 4.42 Å². The van der Waals surface area contributed by atoms with Crippen molar-refractivity contribution in [1.82, 2.24) is 19.8 Å². The van der Waals surface area contributed by atoms with Crippen LogP contribution in [0.15, 0.2) is 28.9 Å². The van der Waals surface area contributed by atoms with E-state index in [2.05, 4.69) is 15.3 Å². The molecule has 0 aromatic carbocycles. The van der Waals surface area contributed by atoms with Crippen molar-refractivity contribution in [2.24, 2.45) is 0 Å². The highest BCUT2D eigenvalue weighted by Crippen LogP contribution is 2.27. The van der Waals surface area contributed by atoms with Gasteiger partial charge < -0.3 is 4.42 Å². The molecule has 7 heteroatoms. The number of halogens is 2. The first-order valence-corrected chi connectivity index (χ1v) is 5.12. The Morgan fingerprint density at radius 3 is 2.75 bits per heavy atom. The molecule has 0 amide bonds. The molecule has 0 atom stereocenters. The lowest BCUT2D eigenvalue weighted by Gasteiger charge is -1.96. The molecule has 0 fully saturated rings. The van der Waals surface area contributed by atoms with Crippen LogP contribution in [-0.2, 0) is 0 Å². The summed E-state index contributed by atoms with van der Waals surface area (Å²) in [7, 11) is 0. The van der Waals surface area contributed by atoms with Crippen LogP contribution in [0, 0.1) is 0 Å². The van der Waals surface area contributed by atoms with Crippen molar-refractivity contribution in [2.45, 2.75) is 0 Å². The summed E-state index contributed by atoms with van der Waals surface area (Å²) in [5, 5.41) is 12.6. The van der Waals surface area contributed by atoms with Crippen molar-refractivity contribution in [3.63, 3.8) is 0 Å². The summed E-state index contributed by atoms with van der Waals surface area (Å²) in [6.07, 6.45) is 1.48. The third kappa shape index (κ3) is 1.36. The van der Waals surface area contributed by atoms with Gasteiger partial charge in [-0.3, -0.25) is 0 Å². The lowest BCUT2D eigenvalue weighted by molar-refractivity contribution is 0.570.